The average molecular weight is 398 g/mol. The van der Waals surface area contributed by atoms with E-state index >= 15 is 0 Å². The molecule has 0 aliphatic rings. The van der Waals surface area contributed by atoms with Crippen molar-refractivity contribution in [3.8, 4) is 11.4 Å². The Morgan fingerprint density at radius 3 is 2.26 bits per heavy atom. The molecule has 11 heteroatoms. The molecule has 0 amide bonds. The van der Waals surface area contributed by atoms with Gasteiger partial charge in [-0.05, 0) is 24.3 Å². The second-order valence-corrected chi connectivity index (χ2v) is 5.96. The van der Waals surface area contributed by atoms with Crippen molar-refractivity contribution in [2.75, 3.05) is 0 Å². The summed E-state index contributed by atoms with van der Waals surface area (Å²) in [7, 11) is 0. The zero-order valence-electron chi connectivity index (χ0n) is 13.1. The molecule has 0 aliphatic carbocycles. The summed E-state index contributed by atoms with van der Waals surface area (Å²) < 4.78 is 67.9. The standard InChI is InChI=1S/C16H8F4N3O3S/c17-15(27-25,10-4-2-1-3-5-10)12(24)11-7-6-9(8-21-11)13-22-14(26-23-13)16(18,19)20/h1-8H/q+1. The molecule has 1 atom stereocenters. The van der Waals surface area contributed by atoms with Crippen LogP contribution in [0.1, 0.15) is 21.9 Å². The fourth-order valence-electron chi connectivity index (χ4n) is 2.15. The number of carbonyl (C=O) groups excluding carboxylic acids is 1. The van der Waals surface area contributed by atoms with Gasteiger partial charge in [-0.25, -0.2) is 0 Å². The van der Waals surface area contributed by atoms with Gasteiger partial charge in [-0.15, -0.1) is 0 Å². The molecule has 2 heterocycles. The minimum Gasteiger partial charge on any atom is -0.329 e. The number of carbonyl (C=O) groups is 1. The molecular formula is C16H8F4N3O3S+. The lowest BCUT2D eigenvalue weighted by molar-refractivity contribution is -0.159. The molecular weight excluding hydrogens is 390 g/mol. The van der Waals surface area contributed by atoms with Gasteiger partial charge in [-0.2, -0.15) is 22.5 Å². The molecule has 0 N–H and O–H groups in total. The molecule has 1 unspecified atom stereocenters. The van der Waals surface area contributed by atoms with Gasteiger partial charge in [-0.1, -0.05) is 23.4 Å². The summed E-state index contributed by atoms with van der Waals surface area (Å²) in [6.07, 6.45) is -3.82. The molecule has 0 bridgehead atoms. The molecule has 1 aromatic carbocycles. The van der Waals surface area contributed by atoms with Crippen LogP contribution in [-0.2, 0) is 27.1 Å². The lowest BCUT2D eigenvalue weighted by Crippen LogP contribution is -2.30. The first-order valence-electron chi connectivity index (χ1n) is 7.23. The van der Waals surface area contributed by atoms with Crippen LogP contribution < -0.4 is 0 Å². The summed E-state index contributed by atoms with van der Waals surface area (Å²) in [5.74, 6) is -3.13. The van der Waals surface area contributed by atoms with Crippen LogP contribution in [0.3, 0.4) is 0 Å². The zero-order valence-corrected chi connectivity index (χ0v) is 13.9. The summed E-state index contributed by atoms with van der Waals surface area (Å²) >= 11 is -0.536. The molecule has 6 nitrogen and oxygen atoms in total. The minimum atomic E-state index is -4.80. The lowest BCUT2D eigenvalue weighted by atomic mass is 10.0. The normalized spacial score (nSPS) is 13.8. The number of nitrogens with zero attached hydrogens (tertiary/aromatic N) is 3. The number of Topliss-reactive ketones (excluding diaryl/α,β-unsaturated/α-hetero) is 1. The molecule has 0 aliphatic heterocycles. The van der Waals surface area contributed by atoms with Crippen molar-refractivity contribution in [1.29, 1.82) is 0 Å². The number of benzene rings is 1. The van der Waals surface area contributed by atoms with Crippen LogP contribution in [0.5, 0.6) is 0 Å². The van der Waals surface area contributed by atoms with E-state index in [1.54, 1.807) is 6.07 Å². The fourth-order valence-corrected chi connectivity index (χ4v) is 2.56. The van der Waals surface area contributed by atoms with Gasteiger partial charge in [0.1, 0.15) is 5.69 Å². The smallest absolute Gasteiger partial charge is 0.329 e. The summed E-state index contributed by atoms with van der Waals surface area (Å²) in [6, 6.07) is 9.35. The predicted octanol–water partition coefficient (Wildman–Crippen LogP) is 3.58. The SMILES string of the molecule is O=[S+]C(F)(C(=O)c1ccc(-c2noc(C(F)(F)F)n2)cn1)c1ccccc1. The van der Waals surface area contributed by atoms with E-state index in [-0.39, 0.29) is 16.8 Å². The molecule has 0 saturated carbocycles. The highest BCUT2D eigenvalue weighted by molar-refractivity contribution is 7.67. The average Bonchev–Trinajstić information content (AvgIpc) is 3.18. The Kier molecular flexibility index (Phi) is 4.79. The molecule has 27 heavy (non-hydrogen) atoms. The van der Waals surface area contributed by atoms with E-state index in [1.807, 2.05) is 0 Å². The van der Waals surface area contributed by atoms with Gasteiger partial charge in [-0.3, -0.25) is 9.78 Å². The highest BCUT2D eigenvalue weighted by Gasteiger charge is 2.56. The van der Waals surface area contributed by atoms with Crippen LogP contribution in [-0.4, -0.2) is 20.9 Å². The number of pyridine rings is 1. The number of ketones is 1. The van der Waals surface area contributed by atoms with Crippen molar-refractivity contribution >= 4 is 17.4 Å². The topological polar surface area (TPSA) is 86.0 Å². The minimum absolute atomic E-state index is 0.0183. The van der Waals surface area contributed by atoms with Crippen LogP contribution in [0.15, 0.2) is 53.2 Å². The molecule has 138 valence electrons. The third-order valence-corrected chi connectivity index (χ3v) is 4.13. The summed E-state index contributed by atoms with van der Waals surface area (Å²) in [6.45, 7) is 0. The van der Waals surface area contributed by atoms with Crippen LogP contribution in [0.2, 0.25) is 0 Å². The van der Waals surface area contributed by atoms with E-state index in [0.717, 1.165) is 12.3 Å². The Bertz CT molecular complexity index is 977. The van der Waals surface area contributed by atoms with E-state index in [9.17, 15) is 26.6 Å². The third kappa shape index (κ3) is 3.58. The highest BCUT2D eigenvalue weighted by atomic mass is 32.1. The molecule has 3 aromatic rings. The van der Waals surface area contributed by atoms with Crippen molar-refractivity contribution in [1.82, 2.24) is 15.1 Å². The zero-order chi connectivity index (χ0) is 19.7. The molecule has 0 spiro atoms. The van der Waals surface area contributed by atoms with Gasteiger partial charge in [0.2, 0.25) is 5.82 Å². The van der Waals surface area contributed by atoms with E-state index in [1.165, 1.54) is 30.3 Å². The van der Waals surface area contributed by atoms with Crippen LogP contribution in [0.25, 0.3) is 11.4 Å². The number of rotatable bonds is 5. The maximum Gasteiger partial charge on any atom is 0.517 e. The Morgan fingerprint density at radius 2 is 1.74 bits per heavy atom. The molecule has 3 rings (SSSR count). The summed E-state index contributed by atoms with van der Waals surface area (Å²) in [5, 5.41) is 0.283. The molecule has 0 fully saturated rings. The Morgan fingerprint density at radius 1 is 1.04 bits per heavy atom. The largest absolute Gasteiger partial charge is 0.517 e. The number of hydrogen-bond donors (Lipinski definition) is 0. The van der Waals surface area contributed by atoms with Gasteiger partial charge < -0.3 is 4.52 Å². The van der Waals surface area contributed by atoms with Crippen molar-refractivity contribution in [3.63, 3.8) is 0 Å². The quantitative estimate of drug-likeness (QED) is 0.371. The number of hydrogen-bond acceptors (Lipinski definition) is 6. The van der Waals surface area contributed by atoms with Crippen molar-refractivity contribution < 1.29 is 31.1 Å². The van der Waals surface area contributed by atoms with Gasteiger partial charge in [0.25, 0.3) is 5.78 Å². The summed E-state index contributed by atoms with van der Waals surface area (Å²) in [5.41, 5.74) is -0.508. The second kappa shape index (κ2) is 6.91. The Balaban J connectivity index is 1.90. The third-order valence-electron chi connectivity index (χ3n) is 3.47. The van der Waals surface area contributed by atoms with Crippen molar-refractivity contribution in [2.24, 2.45) is 0 Å². The summed E-state index contributed by atoms with van der Waals surface area (Å²) in [4.78, 5) is 19.3. The van der Waals surface area contributed by atoms with Gasteiger partial charge in [0.15, 0.2) is 0 Å². The lowest BCUT2D eigenvalue weighted by Gasteiger charge is -2.07. The van der Waals surface area contributed by atoms with Gasteiger partial charge in [0.05, 0.1) is 5.56 Å². The monoisotopic (exact) mass is 398 g/mol. The van der Waals surface area contributed by atoms with Gasteiger partial charge in [0, 0.05) is 16.0 Å². The van der Waals surface area contributed by atoms with E-state index in [2.05, 4.69) is 19.6 Å². The van der Waals surface area contributed by atoms with Crippen molar-refractivity contribution in [2.45, 2.75) is 11.2 Å². The van der Waals surface area contributed by atoms with Crippen LogP contribution >= 0.6 is 0 Å². The second-order valence-electron chi connectivity index (χ2n) is 5.23. The first kappa shape index (κ1) is 18.7. The fraction of sp³-hybridized carbons (Fsp3) is 0.125. The Labute approximate surface area is 152 Å². The van der Waals surface area contributed by atoms with Crippen molar-refractivity contribution in [3.05, 3.63) is 65.8 Å². The maximum atomic E-state index is 15.0. The number of halogens is 4. The maximum absolute atomic E-state index is 15.0. The van der Waals surface area contributed by atoms with Crippen LogP contribution in [0.4, 0.5) is 17.6 Å². The first-order valence-corrected chi connectivity index (χ1v) is 7.97. The van der Waals surface area contributed by atoms with Gasteiger partial charge >= 0.3 is 28.7 Å². The molecule has 2 aromatic heterocycles. The van der Waals surface area contributed by atoms with E-state index in [4.69, 9.17) is 0 Å². The molecule has 0 saturated heterocycles. The van der Waals surface area contributed by atoms with E-state index < -0.39 is 40.3 Å². The predicted molar refractivity (Wildman–Crippen MR) is 84.1 cm³/mol. The van der Waals surface area contributed by atoms with E-state index in [0.29, 0.717) is 0 Å². The highest BCUT2D eigenvalue weighted by Crippen LogP contribution is 2.31. The molecule has 0 radical (unpaired) electrons. The first-order chi connectivity index (χ1) is 12.8. The van der Waals surface area contributed by atoms with Crippen LogP contribution in [0, 0.1) is 0 Å². The number of alkyl halides is 4. The number of aromatic nitrogens is 3. The Hall–Kier alpha value is -3.08.